The molecular formula is C21H19FN4O4. The van der Waals surface area contributed by atoms with Gasteiger partial charge in [-0.1, -0.05) is 0 Å². The zero-order valence-electron chi connectivity index (χ0n) is 16.0. The second-order valence-corrected chi connectivity index (χ2v) is 7.24. The standard InChI is InChI=1S/C21H19FN4O4/c22-15-5-3-13(4-6-15)19-24-25-20(30-19)14-2-1-9-26(11-14)21(27)23-16-7-8-17-18(10-16)29-12-28-17/h3-8,10,14H,1-2,9,11-12H2,(H,23,27). The molecular weight excluding hydrogens is 391 g/mol. The minimum Gasteiger partial charge on any atom is -0.454 e. The number of benzene rings is 2. The third kappa shape index (κ3) is 3.66. The third-order valence-electron chi connectivity index (χ3n) is 5.21. The van der Waals surface area contributed by atoms with E-state index in [2.05, 4.69) is 15.5 Å². The van der Waals surface area contributed by atoms with Gasteiger partial charge in [-0.2, -0.15) is 0 Å². The molecule has 2 aromatic carbocycles. The molecule has 1 N–H and O–H groups in total. The summed E-state index contributed by atoms with van der Waals surface area (Å²) < 4.78 is 29.6. The first-order valence-electron chi connectivity index (χ1n) is 9.70. The monoisotopic (exact) mass is 410 g/mol. The molecule has 0 aliphatic carbocycles. The maximum atomic E-state index is 13.1. The zero-order valence-corrected chi connectivity index (χ0v) is 16.0. The summed E-state index contributed by atoms with van der Waals surface area (Å²) in [6, 6.07) is 11.0. The van der Waals surface area contributed by atoms with E-state index >= 15 is 0 Å². The molecule has 1 aromatic heterocycles. The fourth-order valence-electron chi connectivity index (χ4n) is 3.65. The Kier molecular flexibility index (Phi) is 4.70. The van der Waals surface area contributed by atoms with E-state index in [9.17, 15) is 9.18 Å². The maximum absolute atomic E-state index is 13.1. The Labute approximate surface area is 171 Å². The number of carbonyl (C=O) groups excluding carboxylic acids is 1. The van der Waals surface area contributed by atoms with E-state index in [1.165, 1.54) is 12.1 Å². The van der Waals surface area contributed by atoms with E-state index in [-0.39, 0.29) is 24.6 Å². The molecule has 2 aliphatic rings. The summed E-state index contributed by atoms with van der Waals surface area (Å²) in [5, 5.41) is 11.1. The van der Waals surface area contributed by atoms with Crippen LogP contribution in [-0.2, 0) is 0 Å². The molecule has 0 spiro atoms. The number of carbonyl (C=O) groups is 1. The summed E-state index contributed by atoms with van der Waals surface area (Å²) in [6.07, 6.45) is 1.67. The molecule has 2 aliphatic heterocycles. The van der Waals surface area contributed by atoms with Crippen molar-refractivity contribution in [1.29, 1.82) is 0 Å². The second kappa shape index (κ2) is 7.66. The Morgan fingerprint density at radius 1 is 1.10 bits per heavy atom. The first-order valence-corrected chi connectivity index (χ1v) is 9.70. The molecule has 5 rings (SSSR count). The predicted molar refractivity (Wildman–Crippen MR) is 105 cm³/mol. The van der Waals surface area contributed by atoms with E-state index in [0.717, 1.165) is 12.8 Å². The largest absolute Gasteiger partial charge is 0.454 e. The number of hydrogen-bond donors (Lipinski definition) is 1. The van der Waals surface area contributed by atoms with Gasteiger partial charge in [-0.05, 0) is 49.2 Å². The number of rotatable bonds is 3. The summed E-state index contributed by atoms with van der Waals surface area (Å²) in [7, 11) is 0. The molecule has 1 fully saturated rings. The first kappa shape index (κ1) is 18.4. The highest BCUT2D eigenvalue weighted by atomic mass is 19.1. The Bertz CT molecular complexity index is 1070. The van der Waals surface area contributed by atoms with Crippen molar-refractivity contribution in [1.82, 2.24) is 15.1 Å². The number of amides is 2. The lowest BCUT2D eigenvalue weighted by Crippen LogP contribution is -2.41. The zero-order chi connectivity index (χ0) is 20.5. The normalized spacial score (nSPS) is 17.8. The van der Waals surface area contributed by atoms with E-state index in [1.54, 1.807) is 35.2 Å². The molecule has 3 aromatic rings. The Balaban J connectivity index is 1.25. The van der Waals surface area contributed by atoms with Crippen LogP contribution >= 0.6 is 0 Å². The van der Waals surface area contributed by atoms with Crippen molar-refractivity contribution in [2.75, 3.05) is 25.2 Å². The highest BCUT2D eigenvalue weighted by Crippen LogP contribution is 2.34. The maximum Gasteiger partial charge on any atom is 0.321 e. The van der Waals surface area contributed by atoms with Crippen molar-refractivity contribution < 1.29 is 23.1 Å². The van der Waals surface area contributed by atoms with E-state index in [1.807, 2.05) is 0 Å². The number of urea groups is 1. The van der Waals surface area contributed by atoms with Crippen LogP contribution in [0.4, 0.5) is 14.9 Å². The molecule has 0 saturated carbocycles. The Morgan fingerprint density at radius 2 is 1.93 bits per heavy atom. The van der Waals surface area contributed by atoms with Gasteiger partial charge in [-0.15, -0.1) is 10.2 Å². The average molecular weight is 410 g/mol. The molecule has 1 atom stereocenters. The molecule has 0 bridgehead atoms. The highest BCUT2D eigenvalue weighted by Gasteiger charge is 2.29. The van der Waals surface area contributed by atoms with Crippen LogP contribution in [0.5, 0.6) is 11.5 Å². The molecule has 9 heteroatoms. The van der Waals surface area contributed by atoms with Gasteiger partial charge in [0.25, 0.3) is 0 Å². The minimum atomic E-state index is -0.324. The van der Waals surface area contributed by atoms with Crippen molar-refractivity contribution in [3.8, 4) is 23.0 Å². The first-order chi connectivity index (χ1) is 14.7. The van der Waals surface area contributed by atoms with Gasteiger partial charge in [-0.3, -0.25) is 0 Å². The number of ether oxygens (including phenoxy) is 2. The molecule has 8 nitrogen and oxygen atoms in total. The molecule has 1 saturated heterocycles. The average Bonchev–Trinajstić information content (AvgIpc) is 3.44. The molecule has 30 heavy (non-hydrogen) atoms. The van der Waals surface area contributed by atoms with Gasteiger partial charge in [-0.25, -0.2) is 9.18 Å². The van der Waals surface area contributed by atoms with E-state index < -0.39 is 0 Å². The predicted octanol–water partition coefficient (Wildman–Crippen LogP) is 4.02. The minimum absolute atomic E-state index is 0.0528. The van der Waals surface area contributed by atoms with Gasteiger partial charge in [0, 0.05) is 30.4 Å². The highest BCUT2D eigenvalue weighted by molar-refractivity contribution is 5.89. The SMILES string of the molecule is O=C(Nc1ccc2c(c1)OCO2)N1CCCC(c2nnc(-c3ccc(F)cc3)o2)C1. The van der Waals surface area contributed by atoms with Gasteiger partial charge in [0.2, 0.25) is 18.6 Å². The van der Waals surface area contributed by atoms with Gasteiger partial charge >= 0.3 is 6.03 Å². The van der Waals surface area contributed by atoms with E-state index in [4.69, 9.17) is 13.9 Å². The summed E-state index contributed by atoms with van der Waals surface area (Å²) >= 11 is 0. The number of nitrogens with zero attached hydrogens (tertiary/aromatic N) is 3. The van der Waals surface area contributed by atoms with Gasteiger partial charge in [0.15, 0.2) is 11.5 Å². The smallest absolute Gasteiger partial charge is 0.321 e. The lowest BCUT2D eigenvalue weighted by molar-refractivity contribution is 0.174. The number of hydrogen-bond acceptors (Lipinski definition) is 6. The molecule has 3 heterocycles. The van der Waals surface area contributed by atoms with E-state index in [0.29, 0.717) is 47.6 Å². The topological polar surface area (TPSA) is 89.7 Å². The second-order valence-electron chi connectivity index (χ2n) is 7.24. The lowest BCUT2D eigenvalue weighted by atomic mass is 9.98. The summed E-state index contributed by atoms with van der Waals surface area (Å²) in [5.41, 5.74) is 1.30. The quantitative estimate of drug-likeness (QED) is 0.702. The van der Waals surface area contributed by atoms with Crippen molar-refractivity contribution in [2.24, 2.45) is 0 Å². The number of anilines is 1. The van der Waals surface area contributed by atoms with Crippen LogP contribution in [0.1, 0.15) is 24.7 Å². The Morgan fingerprint density at radius 3 is 2.80 bits per heavy atom. The Hall–Kier alpha value is -3.62. The van der Waals surface area contributed by atoms with Crippen molar-refractivity contribution >= 4 is 11.7 Å². The number of piperidine rings is 1. The van der Waals surface area contributed by atoms with Crippen LogP contribution in [0.3, 0.4) is 0 Å². The number of halogens is 1. The number of fused-ring (bicyclic) bond motifs is 1. The van der Waals surface area contributed by atoms with Gasteiger partial charge in [0.05, 0.1) is 5.92 Å². The van der Waals surface area contributed by atoms with Crippen molar-refractivity contribution in [2.45, 2.75) is 18.8 Å². The van der Waals surface area contributed by atoms with Crippen LogP contribution in [0.25, 0.3) is 11.5 Å². The van der Waals surface area contributed by atoms with Crippen LogP contribution < -0.4 is 14.8 Å². The number of nitrogens with one attached hydrogen (secondary N) is 1. The number of likely N-dealkylation sites (tertiary alicyclic amines) is 1. The van der Waals surface area contributed by atoms with Crippen LogP contribution in [0, 0.1) is 5.82 Å². The van der Waals surface area contributed by atoms with Gasteiger partial charge < -0.3 is 24.1 Å². The summed E-state index contributed by atoms with van der Waals surface area (Å²) in [4.78, 5) is 14.5. The molecule has 0 radical (unpaired) electrons. The molecule has 1 unspecified atom stereocenters. The van der Waals surface area contributed by atoms with Gasteiger partial charge in [0.1, 0.15) is 5.82 Å². The summed E-state index contributed by atoms with van der Waals surface area (Å²) in [5.74, 6) is 1.72. The van der Waals surface area contributed by atoms with Crippen LogP contribution in [0.15, 0.2) is 46.9 Å². The number of aromatic nitrogens is 2. The lowest BCUT2D eigenvalue weighted by Gasteiger charge is -2.31. The van der Waals surface area contributed by atoms with Crippen LogP contribution in [-0.4, -0.2) is 41.0 Å². The fourth-order valence-corrected chi connectivity index (χ4v) is 3.65. The summed E-state index contributed by atoms with van der Waals surface area (Å²) in [6.45, 7) is 1.30. The molecule has 2 amide bonds. The molecule has 154 valence electrons. The third-order valence-corrected chi connectivity index (χ3v) is 5.21. The van der Waals surface area contributed by atoms with Crippen molar-refractivity contribution in [3.63, 3.8) is 0 Å². The fraction of sp³-hybridized carbons (Fsp3) is 0.286. The van der Waals surface area contributed by atoms with Crippen molar-refractivity contribution in [3.05, 3.63) is 54.2 Å². The van der Waals surface area contributed by atoms with Crippen LogP contribution in [0.2, 0.25) is 0 Å².